The van der Waals surface area contributed by atoms with Crippen LogP contribution in [0, 0.1) is 11.7 Å². The van der Waals surface area contributed by atoms with Crippen LogP contribution in [0.1, 0.15) is 38.0 Å². The zero-order valence-electron chi connectivity index (χ0n) is 16.8. The van der Waals surface area contributed by atoms with Gasteiger partial charge in [0.05, 0.1) is 18.9 Å². The summed E-state index contributed by atoms with van der Waals surface area (Å²) in [6, 6.07) is 5.82. The Morgan fingerprint density at radius 1 is 1.10 bits per heavy atom. The van der Waals surface area contributed by atoms with Crippen LogP contribution < -0.4 is 10.0 Å². The lowest BCUT2D eigenvalue weighted by Gasteiger charge is -2.19. The fourth-order valence-electron chi connectivity index (χ4n) is 2.58. The van der Waals surface area contributed by atoms with E-state index in [0.717, 1.165) is 11.8 Å². The summed E-state index contributed by atoms with van der Waals surface area (Å²) in [7, 11) is -3.58. The minimum absolute atomic E-state index is 0.110. The molecule has 2 rings (SSSR count). The maximum Gasteiger partial charge on any atom is 0.242 e. The predicted molar refractivity (Wildman–Crippen MR) is 113 cm³/mol. The van der Waals surface area contributed by atoms with Gasteiger partial charge in [0.25, 0.3) is 0 Å². The van der Waals surface area contributed by atoms with Crippen molar-refractivity contribution in [3.05, 3.63) is 35.6 Å². The smallest absolute Gasteiger partial charge is 0.242 e. The highest BCUT2D eigenvalue weighted by Gasteiger charge is 2.17. The van der Waals surface area contributed by atoms with Crippen molar-refractivity contribution in [2.75, 3.05) is 22.9 Å². The van der Waals surface area contributed by atoms with Crippen molar-refractivity contribution >= 4 is 33.7 Å². The molecule has 3 N–H and O–H groups in total. The number of sulfonamides is 1. The fourth-order valence-corrected chi connectivity index (χ4v) is 3.89. The van der Waals surface area contributed by atoms with Crippen LogP contribution in [0.15, 0.2) is 29.4 Å². The molecule has 0 aliphatic heterocycles. The summed E-state index contributed by atoms with van der Waals surface area (Å²) >= 11 is 1.28. The molecule has 1 heterocycles. The number of thioether (sulfide) groups is 1. The molecular formula is C18H26FN5O3S2. The molecule has 0 radical (unpaired) electrons. The Bertz CT molecular complexity index is 910. The average molecular weight is 444 g/mol. The lowest BCUT2D eigenvalue weighted by molar-refractivity contribution is 0.259. The number of rotatable bonds is 10. The maximum atomic E-state index is 13.2. The summed E-state index contributed by atoms with van der Waals surface area (Å²) in [5.41, 5.74) is 0.872. The van der Waals surface area contributed by atoms with Crippen LogP contribution in [0.4, 0.5) is 16.3 Å². The van der Waals surface area contributed by atoms with E-state index in [4.69, 9.17) is 0 Å². The second kappa shape index (κ2) is 10.2. The Labute approximate surface area is 174 Å². The summed E-state index contributed by atoms with van der Waals surface area (Å²) in [6.07, 6.45) is 1.69. The quantitative estimate of drug-likeness (QED) is 0.480. The normalized spacial score (nSPS) is 13.9. The largest absolute Gasteiger partial charge is 0.394 e. The molecule has 29 heavy (non-hydrogen) atoms. The molecule has 0 amide bonds. The zero-order valence-corrected chi connectivity index (χ0v) is 18.4. The Morgan fingerprint density at radius 3 is 2.28 bits per heavy atom. The second-order valence-corrected chi connectivity index (χ2v) is 10.2. The van der Waals surface area contributed by atoms with Gasteiger partial charge in [0.2, 0.25) is 21.9 Å². The molecule has 1 unspecified atom stereocenters. The third kappa shape index (κ3) is 8.11. The first-order valence-electron chi connectivity index (χ1n) is 9.09. The molecule has 1 aromatic heterocycles. The SMILES string of the molecule is CC(C)C[C@H](CO)Nc1nc(NS(C)(=O)=O)nc(SC(C)c2ccc(F)cc2)n1. The number of benzene rings is 1. The highest BCUT2D eigenvalue weighted by molar-refractivity contribution is 7.99. The van der Waals surface area contributed by atoms with E-state index in [-0.39, 0.29) is 35.6 Å². The molecule has 0 fully saturated rings. The van der Waals surface area contributed by atoms with Crippen molar-refractivity contribution in [1.29, 1.82) is 0 Å². The molecular weight excluding hydrogens is 417 g/mol. The van der Waals surface area contributed by atoms with Crippen molar-refractivity contribution in [3.63, 3.8) is 0 Å². The number of anilines is 2. The molecule has 0 aliphatic carbocycles. The van der Waals surface area contributed by atoms with Gasteiger partial charge in [-0.05, 0) is 37.0 Å². The van der Waals surface area contributed by atoms with Gasteiger partial charge >= 0.3 is 0 Å². The number of aromatic nitrogens is 3. The second-order valence-electron chi connectivity index (χ2n) is 7.10. The molecule has 0 aliphatic rings. The molecule has 0 spiro atoms. The predicted octanol–water partition coefficient (Wildman–Crippen LogP) is 3.05. The van der Waals surface area contributed by atoms with E-state index in [2.05, 4.69) is 25.0 Å². The first kappa shape index (κ1) is 23.3. The van der Waals surface area contributed by atoms with Crippen LogP contribution in [0.25, 0.3) is 0 Å². The topological polar surface area (TPSA) is 117 Å². The number of hydrogen-bond acceptors (Lipinski definition) is 8. The number of nitrogens with zero attached hydrogens (tertiary/aromatic N) is 3. The Kier molecular flexibility index (Phi) is 8.17. The lowest BCUT2D eigenvalue weighted by Crippen LogP contribution is -2.27. The highest BCUT2D eigenvalue weighted by Crippen LogP contribution is 2.33. The summed E-state index contributed by atoms with van der Waals surface area (Å²) < 4.78 is 38.6. The van der Waals surface area contributed by atoms with Crippen LogP contribution in [0.2, 0.25) is 0 Å². The number of aliphatic hydroxyl groups is 1. The molecule has 0 saturated carbocycles. The van der Waals surface area contributed by atoms with E-state index in [1.807, 2.05) is 20.8 Å². The zero-order chi connectivity index (χ0) is 21.6. The highest BCUT2D eigenvalue weighted by atomic mass is 32.2. The van der Waals surface area contributed by atoms with Crippen LogP contribution in [-0.4, -0.2) is 47.4 Å². The standard InChI is InChI=1S/C18H26FN5O3S2/c1-11(2)9-15(10-25)20-16-21-17(24-29(4,26)27)23-18(22-16)28-12(3)13-5-7-14(19)8-6-13/h5-8,11-12,15,25H,9-10H2,1-4H3,(H2,20,21,22,23,24)/t12?,15-/m1/s1. The minimum Gasteiger partial charge on any atom is -0.394 e. The van der Waals surface area contributed by atoms with Crippen molar-refractivity contribution in [1.82, 2.24) is 15.0 Å². The van der Waals surface area contributed by atoms with Crippen molar-refractivity contribution in [2.24, 2.45) is 5.92 Å². The first-order chi connectivity index (χ1) is 13.6. The Hall–Kier alpha value is -1.98. The molecule has 8 nitrogen and oxygen atoms in total. The van der Waals surface area contributed by atoms with Gasteiger partial charge < -0.3 is 10.4 Å². The summed E-state index contributed by atoms with van der Waals surface area (Å²) in [5.74, 6) is 0.0691. The maximum absolute atomic E-state index is 13.2. The molecule has 0 bridgehead atoms. The lowest BCUT2D eigenvalue weighted by atomic mass is 10.0. The average Bonchev–Trinajstić information content (AvgIpc) is 2.59. The van der Waals surface area contributed by atoms with E-state index in [9.17, 15) is 17.9 Å². The molecule has 0 saturated heterocycles. The Morgan fingerprint density at radius 2 is 1.72 bits per heavy atom. The van der Waals surface area contributed by atoms with Gasteiger partial charge in [-0.15, -0.1) is 0 Å². The van der Waals surface area contributed by atoms with Crippen molar-refractivity contribution < 1.29 is 17.9 Å². The minimum atomic E-state index is -3.58. The molecule has 2 aromatic rings. The van der Waals surface area contributed by atoms with Gasteiger partial charge in [0.1, 0.15) is 5.82 Å². The summed E-state index contributed by atoms with van der Waals surface area (Å²) in [5, 5.41) is 12.8. The third-order valence-corrected chi connectivity index (χ3v) is 5.40. The summed E-state index contributed by atoms with van der Waals surface area (Å²) in [4.78, 5) is 12.6. The third-order valence-electron chi connectivity index (χ3n) is 3.82. The van der Waals surface area contributed by atoms with E-state index in [1.165, 1.54) is 23.9 Å². The number of nitrogens with one attached hydrogen (secondary N) is 2. The van der Waals surface area contributed by atoms with Crippen molar-refractivity contribution in [3.8, 4) is 0 Å². The van der Waals surface area contributed by atoms with E-state index in [1.54, 1.807) is 12.1 Å². The van der Waals surface area contributed by atoms with Crippen LogP contribution in [-0.2, 0) is 10.0 Å². The van der Waals surface area contributed by atoms with E-state index < -0.39 is 10.0 Å². The Balaban J connectivity index is 2.29. The molecule has 2 atom stereocenters. The number of aliphatic hydroxyl groups excluding tert-OH is 1. The van der Waals surface area contributed by atoms with Gasteiger partial charge in [-0.25, -0.2) is 12.8 Å². The summed E-state index contributed by atoms with van der Waals surface area (Å²) in [6.45, 7) is 5.85. The van der Waals surface area contributed by atoms with Gasteiger partial charge in [-0.2, -0.15) is 15.0 Å². The number of halogens is 1. The van der Waals surface area contributed by atoms with E-state index >= 15 is 0 Å². The van der Waals surface area contributed by atoms with E-state index in [0.29, 0.717) is 17.5 Å². The van der Waals surface area contributed by atoms with Gasteiger partial charge in [-0.3, -0.25) is 4.72 Å². The molecule has 1 aromatic carbocycles. The number of hydrogen-bond donors (Lipinski definition) is 3. The van der Waals surface area contributed by atoms with Gasteiger partial charge in [-0.1, -0.05) is 37.7 Å². The van der Waals surface area contributed by atoms with Crippen molar-refractivity contribution in [2.45, 2.75) is 43.6 Å². The molecule has 160 valence electrons. The fraction of sp³-hybridized carbons (Fsp3) is 0.500. The molecule has 11 heteroatoms. The van der Waals surface area contributed by atoms with Crippen LogP contribution in [0.5, 0.6) is 0 Å². The van der Waals surface area contributed by atoms with Crippen LogP contribution in [0.3, 0.4) is 0 Å². The first-order valence-corrected chi connectivity index (χ1v) is 11.9. The monoisotopic (exact) mass is 443 g/mol. The van der Waals surface area contributed by atoms with Gasteiger partial charge in [0, 0.05) is 5.25 Å². The van der Waals surface area contributed by atoms with Crippen LogP contribution >= 0.6 is 11.8 Å². The van der Waals surface area contributed by atoms with Gasteiger partial charge in [0.15, 0.2) is 5.16 Å².